The van der Waals surface area contributed by atoms with Crippen molar-refractivity contribution in [3.8, 4) is 11.5 Å². The first-order chi connectivity index (χ1) is 12.6. The summed E-state index contributed by atoms with van der Waals surface area (Å²) in [5.41, 5.74) is 2.25. The fourth-order valence-corrected chi connectivity index (χ4v) is 2.91. The Balaban J connectivity index is 1.54. The van der Waals surface area contributed by atoms with Gasteiger partial charge in [0.05, 0.1) is 25.3 Å². The molecule has 0 spiro atoms. The van der Waals surface area contributed by atoms with Crippen LogP contribution in [0.3, 0.4) is 0 Å². The van der Waals surface area contributed by atoms with Crippen LogP contribution in [-0.4, -0.2) is 32.2 Å². The SMILES string of the molecule is COc1ccccc1[C@H](C)NC(=O)COC(=O)c1ccc2c(c1)CCO2. The molecule has 1 atom stereocenters. The smallest absolute Gasteiger partial charge is 0.338 e. The molecular weight excluding hydrogens is 334 g/mol. The Hall–Kier alpha value is -3.02. The molecule has 0 bridgehead atoms. The largest absolute Gasteiger partial charge is 0.496 e. The first-order valence-electron chi connectivity index (χ1n) is 8.43. The number of methoxy groups -OCH3 is 1. The van der Waals surface area contributed by atoms with Crippen molar-refractivity contribution in [2.45, 2.75) is 19.4 Å². The number of benzene rings is 2. The maximum atomic E-state index is 12.1. The first-order valence-corrected chi connectivity index (χ1v) is 8.43. The summed E-state index contributed by atoms with van der Waals surface area (Å²) in [6.45, 7) is 2.13. The molecule has 0 radical (unpaired) electrons. The number of fused-ring (bicyclic) bond motifs is 1. The normalized spacial score (nSPS) is 13.3. The zero-order valence-corrected chi connectivity index (χ0v) is 14.8. The average molecular weight is 355 g/mol. The summed E-state index contributed by atoms with van der Waals surface area (Å²) in [7, 11) is 1.58. The fraction of sp³-hybridized carbons (Fsp3) is 0.300. The summed E-state index contributed by atoms with van der Waals surface area (Å²) in [5.74, 6) is 0.587. The Morgan fingerprint density at radius 2 is 2.04 bits per heavy atom. The summed E-state index contributed by atoms with van der Waals surface area (Å²) >= 11 is 0. The van der Waals surface area contributed by atoms with E-state index in [1.807, 2.05) is 31.2 Å². The highest BCUT2D eigenvalue weighted by molar-refractivity contribution is 5.91. The standard InChI is InChI=1S/C20H21NO5/c1-13(16-5-3-4-6-18(16)24-2)21-19(22)12-26-20(23)15-7-8-17-14(11-15)9-10-25-17/h3-8,11,13H,9-10,12H2,1-2H3,(H,21,22)/t13-/m0/s1. The van der Waals surface area contributed by atoms with Gasteiger partial charge in [0.15, 0.2) is 6.61 Å². The van der Waals surface area contributed by atoms with E-state index in [1.165, 1.54) is 0 Å². The number of ether oxygens (including phenoxy) is 3. The van der Waals surface area contributed by atoms with Crippen molar-refractivity contribution >= 4 is 11.9 Å². The molecule has 1 N–H and O–H groups in total. The molecule has 1 aliphatic rings. The van der Waals surface area contributed by atoms with E-state index in [-0.39, 0.29) is 18.6 Å². The molecule has 0 aliphatic carbocycles. The predicted molar refractivity (Wildman–Crippen MR) is 95.5 cm³/mol. The van der Waals surface area contributed by atoms with Gasteiger partial charge in [0.2, 0.25) is 0 Å². The summed E-state index contributed by atoms with van der Waals surface area (Å²) in [6.07, 6.45) is 0.771. The molecule has 26 heavy (non-hydrogen) atoms. The number of nitrogens with one attached hydrogen (secondary N) is 1. The molecule has 0 aromatic heterocycles. The number of rotatable bonds is 6. The van der Waals surface area contributed by atoms with Crippen molar-refractivity contribution in [3.63, 3.8) is 0 Å². The minimum atomic E-state index is -0.528. The highest BCUT2D eigenvalue weighted by atomic mass is 16.5. The van der Waals surface area contributed by atoms with Crippen LogP contribution in [0.2, 0.25) is 0 Å². The van der Waals surface area contributed by atoms with Gasteiger partial charge in [0.1, 0.15) is 11.5 Å². The molecule has 2 aromatic rings. The molecule has 6 heteroatoms. The number of amides is 1. The van der Waals surface area contributed by atoms with Gasteiger partial charge >= 0.3 is 5.97 Å². The Kier molecular flexibility index (Phi) is 5.41. The molecule has 2 aromatic carbocycles. The molecule has 3 rings (SSSR count). The molecule has 0 saturated carbocycles. The number of para-hydroxylation sites is 1. The van der Waals surface area contributed by atoms with Gasteiger partial charge in [-0.25, -0.2) is 4.79 Å². The minimum Gasteiger partial charge on any atom is -0.496 e. The number of esters is 1. The predicted octanol–water partition coefficient (Wildman–Crippen LogP) is 2.66. The number of carbonyl (C=O) groups excluding carboxylic acids is 2. The van der Waals surface area contributed by atoms with Crippen molar-refractivity contribution in [2.24, 2.45) is 0 Å². The molecule has 0 fully saturated rings. The topological polar surface area (TPSA) is 73.9 Å². The van der Waals surface area contributed by atoms with Crippen molar-refractivity contribution < 1.29 is 23.8 Å². The Morgan fingerprint density at radius 3 is 2.85 bits per heavy atom. The molecular formula is C20H21NO5. The van der Waals surface area contributed by atoms with E-state index in [4.69, 9.17) is 14.2 Å². The van der Waals surface area contributed by atoms with Crippen LogP contribution in [0.15, 0.2) is 42.5 Å². The van der Waals surface area contributed by atoms with Crippen LogP contribution in [0.5, 0.6) is 11.5 Å². The lowest BCUT2D eigenvalue weighted by molar-refractivity contribution is -0.124. The highest BCUT2D eigenvalue weighted by Gasteiger charge is 2.18. The van der Waals surface area contributed by atoms with Crippen LogP contribution in [0, 0.1) is 0 Å². The van der Waals surface area contributed by atoms with Crippen molar-refractivity contribution in [1.82, 2.24) is 5.32 Å². The fourth-order valence-electron chi connectivity index (χ4n) is 2.91. The van der Waals surface area contributed by atoms with Crippen molar-refractivity contribution in [2.75, 3.05) is 20.3 Å². The van der Waals surface area contributed by atoms with Gasteiger partial charge in [0, 0.05) is 12.0 Å². The zero-order valence-electron chi connectivity index (χ0n) is 14.8. The molecule has 1 amide bonds. The monoisotopic (exact) mass is 355 g/mol. The maximum Gasteiger partial charge on any atom is 0.338 e. The van der Waals surface area contributed by atoms with Crippen molar-refractivity contribution in [3.05, 3.63) is 59.2 Å². The van der Waals surface area contributed by atoms with Gasteiger partial charge in [-0.3, -0.25) is 4.79 Å². The van der Waals surface area contributed by atoms with E-state index < -0.39 is 5.97 Å². The summed E-state index contributed by atoms with van der Waals surface area (Å²) < 4.78 is 15.8. The second kappa shape index (κ2) is 7.91. The minimum absolute atomic E-state index is 0.269. The summed E-state index contributed by atoms with van der Waals surface area (Å²) in [5, 5.41) is 2.80. The lowest BCUT2D eigenvalue weighted by Gasteiger charge is -2.17. The van der Waals surface area contributed by atoms with E-state index in [2.05, 4.69) is 5.32 Å². The molecule has 0 unspecified atom stereocenters. The van der Waals surface area contributed by atoms with Crippen LogP contribution in [0.25, 0.3) is 0 Å². The van der Waals surface area contributed by atoms with Gasteiger partial charge in [-0.1, -0.05) is 18.2 Å². The lowest BCUT2D eigenvalue weighted by Crippen LogP contribution is -2.31. The van der Waals surface area contributed by atoms with Crippen molar-refractivity contribution in [1.29, 1.82) is 0 Å². The quantitative estimate of drug-likeness (QED) is 0.807. The molecule has 1 aliphatic heterocycles. The lowest BCUT2D eigenvalue weighted by atomic mass is 10.1. The third-order valence-electron chi connectivity index (χ3n) is 4.24. The summed E-state index contributed by atoms with van der Waals surface area (Å²) in [6, 6.07) is 12.3. The second-order valence-corrected chi connectivity index (χ2v) is 6.03. The highest BCUT2D eigenvalue weighted by Crippen LogP contribution is 2.26. The van der Waals surface area contributed by atoms with E-state index in [9.17, 15) is 9.59 Å². The molecule has 136 valence electrons. The maximum absolute atomic E-state index is 12.1. The van der Waals surface area contributed by atoms with Crippen LogP contribution >= 0.6 is 0 Å². The van der Waals surface area contributed by atoms with Gasteiger partial charge in [-0.15, -0.1) is 0 Å². The third kappa shape index (κ3) is 3.96. The van der Waals surface area contributed by atoms with Gasteiger partial charge in [-0.05, 0) is 36.8 Å². The molecule has 1 heterocycles. The average Bonchev–Trinajstić information content (AvgIpc) is 3.13. The van der Waals surface area contributed by atoms with E-state index in [0.29, 0.717) is 17.9 Å². The number of hydrogen-bond acceptors (Lipinski definition) is 5. The summed E-state index contributed by atoms with van der Waals surface area (Å²) in [4.78, 5) is 24.2. The molecule has 0 saturated heterocycles. The Labute approximate surface area is 152 Å². The molecule has 6 nitrogen and oxygen atoms in total. The van der Waals surface area contributed by atoms with Crippen LogP contribution < -0.4 is 14.8 Å². The number of carbonyl (C=O) groups is 2. The van der Waals surface area contributed by atoms with E-state index in [0.717, 1.165) is 23.3 Å². The number of hydrogen-bond donors (Lipinski definition) is 1. The van der Waals surface area contributed by atoms with E-state index >= 15 is 0 Å². The van der Waals surface area contributed by atoms with Crippen LogP contribution in [0.1, 0.15) is 34.5 Å². The van der Waals surface area contributed by atoms with Crippen LogP contribution in [0.4, 0.5) is 0 Å². The Morgan fingerprint density at radius 1 is 1.23 bits per heavy atom. The Bertz CT molecular complexity index is 818. The third-order valence-corrected chi connectivity index (χ3v) is 4.24. The van der Waals surface area contributed by atoms with Gasteiger partial charge in [-0.2, -0.15) is 0 Å². The van der Waals surface area contributed by atoms with Crippen LogP contribution in [-0.2, 0) is 16.0 Å². The second-order valence-electron chi connectivity index (χ2n) is 6.03. The van der Waals surface area contributed by atoms with E-state index in [1.54, 1.807) is 25.3 Å². The first kappa shape index (κ1) is 17.8. The van der Waals surface area contributed by atoms with Gasteiger partial charge < -0.3 is 19.5 Å². The zero-order chi connectivity index (χ0) is 18.5. The van der Waals surface area contributed by atoms with Gasteiger partial charge in [0.25, 0.3) is 5.91 Å².